The number of aromatic nitrogens is 2. The molecule has 6 nitrogen and oxygen atoms in total. The van der Waals surface area contributed by atoms with Crippen LogP contribution in [-0.4, -0.2) is 41.0 Å². The molecule has 0 fully saturated rings. The summed E-state index contributed by atoms with van der Waals surface area (Å²) in [7, 11) is 1.59. The van der Waals surface area contributed by atoms with Crippen LogP contribution in [0.25, 0.3) is 0 Å². The molecular formula is C11H17N3O3. The molecule has 0 aromatic carbocycles. The van der Waals surface area contributed by atoms with E-state index < -0.39 is 5.97 Å². The van der Waals surface area contributed by atoms with Gasteiger partial charge in [-0.2, -0.15) is 5.10 Å². The van der Waals surface area contributed by atoms with Crippen molar-refractivity contribution in [2.75, 3.05) is 19.0 Å². The average molecular weight is 239 g/mol. The van der Waals surface area contributed by atoms with E-state index in [-0.39, 0.29) is 17.4 Å². The number of nitrogens with zero attached hydrogens (tertiary/aromatic N) is 2. The fourth-order valence-corrected chi connectivity index (χ4v) is 1.50. The summed E-state index contributed by atoms with van der Waals surface area (Å²) in [5, 5.41) is 20.0. The second-order valence-electron chi connectivity index (χ2n) is 3.94. The summed E-state index contributed by atoms with van der Waals surface area (Å²) in [6, 6.07) is -0.0329. The van der Waals surface area contributed by atoms with Crippen molar-refractivity contribution >= 4 is 11.8 Å². The van der Waals surface area contributed by atoms with Gasteiger partial charge in [-0.15, -0.1) is 5.10 Å². The van der Waals surface area contributed by atoms with Gasteiger partial charge in [-0.1, -0.05) is 0 Å². The lowest BCUT2D eigenvalue weighted by atomic mass is 10.1. The van der Waals surface area contributed by atoms with Gasteiger partial charge in [-0.05, 0) is 26.3 Å². The Bertz CT molecular complexity index is 421. The molecule has 6 heteroatoms. The first-order valence-electron chi connectivity index (χ1n) is 5.30. The zero-order valence-corrected chi connectivity index (χ0v) is 10.4. The van der Waals surface area contributed by atoms with Crippen LogP contribution in [0.4, 0.5) is 5.82 Å². The van der Waals surface area contributed by atoms with Gasteiger partial charge in [-0.3, -0.25) is 0 Å². The van der Waals surface area contributed by atoms with Gasteiger partial charge < -0.3 is 15.2 Å². The number of anilines is 1. The first kappa shape index (κ1) is 13.4. The molecule has 1 aromatic rings. The Labute approximate surface area is 100 Å². The van der Waals surface area contributed by atoms with Crippen LogP contribution in [0, 0.1) is 13.8 Å². The molecule has 0 saturated heterocycles. The second kappa shape index (κ2) is 5.58. The van der Waals surface area contributed by atoms with Gasteiger partial charge in [0, 0.05) is 13.2 Å². The molecule has 0 aliphatic rings. The number of carboxylic acid groups (broad SMARTS) is 1. The normalized spacial score (nSPS) is 12.2. The third-order valence-electron chi connectivity index (χ3n) is 2.47. The minimum atomic E-state index is -1.01. The summed E-state index contributed by atoms with van der Waals surface area (Å²) in [6.45, 7) is 5.80. The number of ether oxygens (including phenoxy) is 1. The van der Waals surface area contributed by atoms with E-state index in [9.17, 15) is 9.90 Å². The number of hydrogen-bond donors (Lipinski definition) is 2. The van der Waals surface area contributed by atoms with Gasteiger partial charge in [0.15, 0.2) is 5.82 Å². The van der Waals surface area contributed by atoms with E-state index in [1.54, 1.807) is 21.0 Å². The van der Waals surface area contributed by atoms with Crippen molar-refractivity contribution in [2.45, 2.75) is 26.8 Å². The highest BCUT2D eigenvalue weighted by Gasteiger charge is 2.18. The summed E-state index contributed by atoms with van der Waals surface area (Å²) < 4.78 is 4.97. The molecule has 2 N–H and O–H groups in total. The highest BCUT2D eigenvalue weighted by Crippen LogP contribution is 2.18. The Morgan fingerprint density at radius 1 is 1.47 bits per heavy atom. The van der Waals surface area contributed by atoms with E-state index in [2.05, 4.69) is 15.5 Å². The van der Waals surface area contributed by atoms with Crippen molar-refractivity contribution in [3.8, 4) is 0 Å². The summed E-state index contributed by atoms with van der Waals surface area (Å²) in [5.41, 5.74) is 1.41. The summed E-state index contributed by atoms with van der Waals surface area (Å²) in [5.74, 6) is -0.724. The highest BCUT2D eigenvalue weighted by atomic mass is 16.5. The minimum Gasteiger partial charge on any atom is -0.478 e. The summed E-state index contributed by atoms with van der Waals surface area (Å²) in [4.78, 5) is 11.2. The maximum absolute atomic E-state index is 11.2. The van der Waals surface area contributed by atoms with Crippen LogP contribution in [0.2, 0.25) is 0 Å². The maximum Gasteiger partial charge on any atom is 0.339 e. The third-order valence-corrected chi connectivity index (χ3v) is 2.47. The quantitative estimate of drug-likeness (QED) is 0.804. The van der Waals surface area contributed by atoms with Gasteiger partial charge >= 0.3 is 5.97 Å². The first-order chi connectivity index (χ1) is 7.97. The Morgan fingerprint density at radius 2 is 2.12 bits per heavy atom. The summed E-state index contributed by atoms with van der Waals surface area (Å²) >= 11 is 0. The van der Waals surface area contributed by atoms with Crippen molar-refractivity contribution < 1.29 is 14.6 Å². The van der Waals surface area contributed by atoms with Crippen LogP contribution in [0.3, 0.4) is 0 Å². The lowest BCUT2D eigenvalue weighted by Gasteiger charge is -2.16. The zero-order valence-electron chi connectivity index (χ0n) is 10.4. The van der Waals surface area contributed by atoms with Gasteiger partial charge in [0.05, 0.1) is 12.3 Å². The molecule has 1 heterocycles. The van der Waals surface area contributed by atoms with Gasteiger partial charge in [0.2, 0.25) is 0 Å². The van der Waals surface area contributed by atoms with E-state index in [1.165, 1.54) is 0 Å². The Balaban J connectivity index is 3.07. The number of carbonyl (C=O) groups is 1. The second-order valence-corrected chi connectivity index (χ2v) is 3.94. The fourth-order valence-electron chi connectivity index (χ4n) is 1.50. The molecule has 1 rings (SSSR count). The lowest BCUT2D eigenvalue weighted by Crippen LogP contribution is -2.24. The monoisotopic (exact) mass is 239 g/mol. The van der Waals surface area contributed by atoms with Crippen molar-refractivity contribution in [3.05, 3.63) is 16.8 Å². The number of rotatable bonds is 5. The highest BCUT2D eigenvalue weighted by molar-refractivity contribution is 5.94. The smallest absolute Gasteiger partial charge is 0.339 e. The summed E-state index contributed by atoms with van der Waals surface area (Å²) in [6.07, 6.45) is 0. The van der Waals surface area contributed by atoms with E-state index in [1.807, 2.05) is 6.92 Å². The fraction of sp³-hybridized carbons (Fsp3) is 0.545. The number of aryl methyl sites for hydroxylation is 1. The minimum absolute atomic E-state index is 0.0329. The number of aromatic carboxylic acids is 1. The molecule has 0 amide bonds. The molecule has 0 aliphatic heterocycles. The first-order valence-corrected chi connectivity index (χ1v) is 5.30. The molecule has 1 atom stereocenters. The maximum atomic E-state index is 11.2. The molecule has 94 valence electrons. The SMILES string of the molecule is COCC(C)Nc1nnc(C)c(C)c1C(=O)O. The van der Waals surface area contributed by atoms with Crippen molar-refractivity contribution in [3.63, 3.8) is 0 Å². The number of hydrogen-bond acceptors (Lipinski definition) is 5. The van der Waals surface area contributed by atoms with Crippen LogP contribution in [0.5, 0.6) is 0 Å². The van der Waals surface area contributed by atoms with Crippen LogP contribution >= 0.6 is 0 Å². The zero-order chi connectivity index (χ0) is 13.0. The number of nitrogens with one attached hydrogen (secondary N) is 1. The molecule has 0 bridgehead atoms. The van der Waals surface area contributed by atoms with Gasteiger partial charge in [0.1, 0.15) is 5.56 Å². The molecule has 0 saturated carbocycles. The standard InChI is InChI=1S/C11H17N3O3/c1-6(5-17-4)12-10-9(11(15)16)7(2)8(3)13-14-10/h6H,5H2,1-4H3,(H,12,14)(H,15,16). The lowest BCUT2D eigenvalue weighted by molar-refractivity contribution is 0.0696. The van der Waals surface area contributed by atoms with Gasteiger partial charge in [0.25, 0.3) is 0 Å². The molecule has 1 unspecified atom stereocenters. The number of methoxy groups -OCH3 is 1. The molecular weight excluding hydrogens is 222 g/mol. The molecule has 17 heavy (non-hydrogen) atoms. The van der Waals surface area contributed by atoms with E-state index in [4.69, 9.17) is 4.74 Å². The van der Waals surface area contributed by atoms with Crippen molar-refractivity contribution in [2.24, 2.45) is 0 Å². The van der Waals surface area contributed by atoms with E-state index >= 15 is 0 Å². The predicted octanol–water partition coefficient (Wildman–Crippen LogP) is 1.24. The molecule has 0 aliphatic carbocycles. The Morgan fingerprint density at radius 3 is 2.65 bits per heavy atom. The van der Waals surface area contributed by atoms with Crippen LogP contribution in [0.15, 0.2) is 0 Å². The van der Waals surface area contributed by atoms with Crippen LogP contribution in [-0.2, 0) is 4.74 Å². The van der Waals surface area contributed by atoms with Crippen LogP contribution < -0.4 is 5.32 Å². The molecule has 0 spiro atoms. The van der Waals surface area contributed by atoms with E-state index in [0.29, 0.717) is 17.9 Å². The molecule has 1 aromatic heterocycles. The van der Waals surface area contributed by atoms with Crippen molar-refractivity contribution in [1.29, 1.82) is 0 Å². The Kier molecular flexibility index (Phi) is 4.39. The predicted molar refractivity (Wildman–Crippen MR) is 63.4 cm³/mol. The third kappa shape index (κ3) is 3.13. The van der Waals surface area contributed by atoms with E-state index in [0.717, 1.165) is 0 Å². The van der Waals surface area contributed by atoms with Gasteiger partial charge in [-0.25, -0.2) is 4.79 Å². The largest absolute Gasteiger partial charge is 0.478 e. The Hall–Kier alpha value is -1.69. The van der Waals surface area contributed by atoms with Crippen LogP contribution in [0.1, 0.15) is 28.5 Å². The number of carboxylic acids is 1. The molecule has 0 radical (unpaired) electrons. The average Bonchev–Trinajstić information content (AvgIpc) is 2.23. The topological polar surface area (TPSA) is 84.3 Å². The van der Waals surface area contributed by atoms with Crippen molar-refractivity contribution in [1.82, 2.24) is 10.2 Å².